The van der Waals surface area contributed by atoms with Gasteiger partial charge in [0.05, 0.1) is 7.11 Å². The van der Waals surface area contributed by atoms with Gasteiger partial charge in [0.1, 0.15) is 6.04 Å². The monoisotopic (exact) mass is 167 g/mol. The summed E-state index contributed by atoms with van der Waals surface area (Å²) in [6.07, 6.45) is 6.53. The van der Waals surface area contributed by atoms with Crippen molar-refractivity contribution in [2.75, 3.05) is 7.11 Å². The molecule has 2 bridgehead atoms. The number of piperidine rings is 1. The van der Waals surface area contributed by atoms with E-state index in [4.69, 9.17) is 4.74 Å². The number of esters is 1. The first-order valence-electron chi connectivity index (χ1n) is 4.33. The van der Waals surface area contributed by atoms with E-state index < -0.39 is 0 Å². The number of carbonyl (C=O) groups excluding carboxylic acids is 1. The molecule has 12 heavy (non-hydrogen) atoms. The van der Waals surface area contributed by atoms with E-state index >= 15 is 0 Å². The number of carbonyl (C=O) groups is 1. The zero-order chi connectivity index (χ0) is 8.55. The van der Waals surface area contributed by atoms with Gasteiger partial charge in [-0.05, 0) is 12.8 Å². The van der Waals surface area contributed by atoms with Crippen molar-refractivity contribution in [1.82, 2.24) is 5.32 Å². The minimum Gasteiger partial charge on any atom is -0.468 e. The molecule has 3 nitrogen and oxygen atoms in total. The minimum absolute atomic E-state index is 0.0984. The molecule has 3 rings (SSSR count). The van der Waals surface area contributed by atoms with E-state index in [0.29, 0.717) is 12.0 Å². The van der Waals surface area contributed by atoms with Crippen LogP contribution in [-0.2, 0) is 9.53 Å². The van der Waals surface area contributed by atoms with Crippen LogP contribution in [0.5, 0.6) is 0 Å². The highest BCUT2D eigenvalue weighted by Gasteiger charge is 2.36. The SMILES string of the molecule is COC(=O)[C@@H]1N[C@H]2C=C[C@H]1CC2. The molecule has 1 aliphatic carbocycles. The maximum atomic E-state index is 11.2. The van der Waals surface area contributed by atoms with Crippen LogP contribution in [0.3, 0.4) is 0 Å². The summed E-state index contributed by atoms with van der Waals surface area (Å²) in [5.74, 6) is 0.219. The fourth-order valence-electron chi connectivity index (χ4n) is 1.98. The Morgan fingerprint density at radius 2 is 2.33 bits per heavy atom. The summed E-state index contributed by atoms with van der Waals surface area (Å²) in [5, 5.41) is 3.24. The van der Waals surface area contributed by atoms with Crippen LogP contribution in [0.25, 0.3) is 0 Å². The second-order valence-electron chi connectivity index (χ2n) is 3.40. The third kappa shape index (κ3) is 1.14. The first kappa shape index (κ1) is 7.80. The van der Waals surface area contributed by atoms with Gasteiger partial charge in [-0.15, -0.1) is 0 Å². The van der Waals surface area contributed by atoms with Gasteiger partial charge < -0.3 is 4.74 Å². The van der Waals surface area contributed by atoms with Gasteiger partial charge in [0, 0.05) is 12.0 Å². The van der Waals surface area contributed by atoms with Crippen LogP contribution in [0.1, 0.15) is 12.8 Å². The summed E-state index contributed by atoms with van der Waals surface area (Å²) in [4.78, 5) is 11.2. The second-order valence-corrected chi connectivity index (χ2v) is 3.40. The van der Waals surface area contributed by atoms with Crippen molar-refractivity contribution in [3.8, 4) is 0 Å². The van der Waals surface area contributed by atoms with E-state index in [-0.39, 0.29) is 12.0 Å². The Balaban J connectivity index is 2.11. The molecule has 0 radical (unpaired) electrons. The smallest absolute Gasteiger partial charge is 0.323 e. The molecule has 3 aliphatic rings. The topological polar surface area (TPSA) is 38.3 Å². The summed E-state index contributed by atoms with van der Waals surface area (Å²) in [5.41, 5.74) is 0. The fourth-order valence-corrected chi connectivity index (χ4v) is 1.98. The van der Waals surface area contributed by atoms with Crippen LogP contribution in [0.4, 0.5) is 0 Å². The summed E-state index contributed by atoms with van der Waals surface area (Å²) >= 11 is 0. The Labute approximate surface area is 71.8 Å². The lowest BCUT2D eigenvalue weighted by Gasteiger charge is -2.37. The molecular weight excluding hydrogens is 154 g/mol. The summed E-state index contributed by atoms with van der Waals surface area (Å²) in [6, 6.07) is 0.290. The maximum absolute atomic E-state index is 11.2. The number of ether oxygens (including phenoxy) is 1. The molecule has 0 aromatic rings. The van der Waals surface area contributed by atoms with Crippen LogP contribution in [-0.4, -0.2) is 25.2 Å². The molecule has 1 N–H and O–H groups in total. The minimum atomic E-state index is -0.131. The Morgan fingerprint density at radius 3 is 2.75 bits per heavy atom. The van der Waals surface area contributed by atoms with Gasteiger partial charge in [0.15, 0.2) is 0 Å². The highest BCUT2D eigenvalue weighted by Crippen LogP contribution is 2.27. The van der Waals surface area contributed by atoms with Crippen molar-refractivity contribution >= 4 is 5.97 Å². The lowest BCUT2D eigenvalue weighted by molar-refractivity contribution is -0.145. The van der Waals surface area contributed by atoms with E-state index in [0.717, 1.165) is 12.8 Å². The zero-order valence-corrected chi connectivity index (χ0v) is 7.12. The number of rotatable bonds is 1. The third-order valence-electron chi connectivity index (χ3n) is 2.68. The molecule has 0 unspecified atom stereocenters. The van der Waals surface area contributed by atoms with Gasteiger partial charge >= 0.3 is 5.97 Å². The molecule has 1 saturated heterocycles. The largest absolute Gasteiger partial charge is 0.468 e. The lowest BCUT2D eigenvalue weighted by atomic mass is 9.82. The average Bonchev–Trinajstić information content (AvgIpc) is 2.18. The molecule has 66 valence electrons. The fraction of sp³-hybridized carbons (Fsp3) is 0.667. The molecule has 0 spiro atoms. The lowest BCUT2D eigenvalue weighted by Crippen LogP contribution is -2.53. The molecule has 0 saturated carbocycles. The van der Waals surface area contributed by atoms with Crippen molar-refractivity contribution in [2.24, 2.45) is 5.92 Å². The molecule has 2 aliphatic heterocycles. The highest BCUT2D eigenvalue weighted by atomic mass is 16.5. The number of nitrogens with one attached hydrogen (secondary N) is 1. The zero-order valence-electron chi connectivity index (χ0n) is 7.12. The van der Waals surface area contributed by atoms with Crippen LogP contribution in [0.15, 0.2) is 12.2 Å². The predicted octanol–water partition coefficient (Wildman–Crippen LogP) is 0.466. The van der Waals surface area contributed by atoms with Gasteiger partial charge in [-0.3, -0.25) is 10.1 Å². The van der Waals surface area contributed by atoms with Gasteiger partial charge in [-0.25, -0.2) is 0 Å². The standard InChI is InChI=1S/C9H13NO2/c1-12-9(11)8-6-2-4-7(10-8)5-3-6/h2,4,6-8,10H,3,5H2,1H3/t6-,7-,8+/m0/s1. The van der Waals surface area contributed by atoms with E-state index in [1.807, 2.05) is 0 Å². The van der Waals surface area contributed by atoms with E-state index in [2.05, 4.69) is 17.5 Å². The van der Waals surface area contributed by atoms with E-state index in [1.54, 1.807) is 0 Å². The molecule has 3 heteroatoms. The summed E-state index contributed by atoms with van der Waals surface area (Å²) in [6.45, 7) is 0. The summed E-state index contributed by atoms with van der Waals surface area (Å²) < 4.78 is 4.71. The number of hydrogen-bond acceptors (Lipinski definition) is 3. The molecule has 3 atom stereocenters. The first-order valence-corrected chi connectivity index (χ1v) is 4.33. The highest BCUT2D eigenvalue weighted by molar-refractivity contribution is 5.77. The number of hydrogen-bond donors (Lipinski definition) is 1. The van der Waals surface area contributed by atoms with Gasteiger partial charge in [0.2, 0.25) is 0 Å². The van der Waals surface area contributed by atoms with Gasteiger partial charge in [-0.1, -0.05) is 12.2 Å². The van der Waals surface area contributed by atoms with Crippen molar-refractivity contribution in [2.45, 2.75) is 24.9 Å². The van der Waals surface area contributed by atoms with Crippen molar-refractivity contribution < 1.29 is 9.53 Å². The Hall–Kier alpha value is -0.830. The molecule has 2 heterocycles. The maximum Gasteiger partial charge on any atom is 0.323 e. The van der Waals surface area contributed by atoms with Crippen molar-refractivity contribution in [3.63, 3.8) is 0 Å². The quantitative estimate of drug-likeness (QED) is 0.455. The second kappa shape index (κ2) is 2.90. The van der Waals surface area contributed by atoms with Gasteiger partial charge in [-0.2, -0.15) is 0 Å². The Morgan fingerprint density at radius 1 is 1.50 bits per heavy atom. The predicted molar refractivity (Wildman–Crippen MR) is 44.6 cm³/mol. The molecule has 0 aromatic carbocycles. The molecule has 0 aromatic heterocycles. The van der Waals surface area contributed by atoms with Crippen LogP contribution < -0.4 is 5.32 Å². The average molecular weight is 167 g/mol. The summed E-state index contributed by atoms with van der Waals surface area (Å²) in [7, 11) is 1.44. The number of methoxy groups -OCH3 is 1. The van der Waals surface area contributed by atoms with Crippen LogP contribution >= 0.6 is 0 Å². The van der Waals surface area contributed by atoms with E-state index in [9.17, 15) is 4.79 Å². The Kier molecular flexibility index (Phi) is 1.89. The normalized spacial score (nSPS) is 38.2. The van der Waals surface area contributed by atoms with Crippen molar-refractivity contribution in [1.29, 1.82) is 0 Å². The van der Waals surface area contributed by atoms with Gasteiger partial charge in [0.25, 0.3) is 0 Å². The Bertz CT molecular complexity index is 225. The number of fused-ring (bicyclic) bond motifs is 2. The van der Waals surface area contributed by atoms with Crippen LogP contribution in [0, 0.1) is 5.92 Å². The molecule has 1 fully saturated rings. The molecular formula is C9H13NO2. The van der Waals surface area contributed by atoms with Crippen molar-refractivity contribution in [3.05, 3.63) is 12.2 Å². The first-order chi connectivity index (χ1) is 5.81. The third-order valence-corrected chi connectivity index (χ3v) is 2.68. The molecule has 0 amide bonds. The van der Waals surface area contributed by atoms with Crippen LogP contribution in [0.2, 0.25) is 0 Å². The van der Waals surface area contributed by atoms with E-state index in [1.165, 1.54) is 7.11 Å².